The fourth-order valence-corrected chi connectivity index (χ4v) is 2.99. The summed E-state index contributed by atoms with van der Waals surface area (Å²) in [4.78, 5) is 6.82. The van der Waals surface area contributed by atoms with Gasteiger partial charge >= 0.3 is 0 Å². The molecular weight excluding hydrogens is 479 g/mol. The molecule has 0 bridgehead atoms. The summed E-state index contributed by atoms with van der Waals surface area (Å²) in [5.74, 6) is 2.76. The minimum atomic E-state index is 0. The van der Waals surface area contributed by atoms with Gasteiger partial charge in [-0.15, -0.1) is 24.0 Å². The van der Waals surface area contributed by atoms with Gasteiger partial charge in [0.05, 0.1) is 6.54 Å². The standard InChI is InChI=1S/C22H40N4O2.HI/c1-6-23-22(25-17-20(10-12-27)14-18(2)3)24-16-19-8-7-9-21(15-19)28-13-11-26(4)5;/h7-9,15,18,20,27H,6,10-14,16-17H2,1-5H3,(H2,23,24,25);1H. The number of hydrogen-bond donors (Lipinski definition) is 3. The van der Waals surface area contributed by atoms with Gasteiger partial charge in [-0.25, -0.2) is 4.99 Å². The van der Waals surface area contributed by atoms with E-state index in [9.17, 15) is 5.11 Å². The monoisotopic (exact) mass is 520 g/mol. The summed E-state index contributed by atoms with van der Waals surface area (Å²) in [6.45, 7) is 10.5. The van der Waals surface area contributed by atoms with Crippen molar-refractivity contribution in [2.24, 2.45) is 16.8 Å². The average molecular weight is 521 g/mol. The summed E-state index contributed by atoms with van der Waals surface area (Å²) in [6.07, 6.45) is 1.91. The smallest absolute Gasteiger partial charge is 0.191 e. The molecular formula is C22H41IN4O2. The fraction of sp³-hybridized carbons (Fsp3) is 0.682. The quantitative estimate of drug-likeness (QED) is 0.212. The number of likely N-dealkylation sites (N-methyl/N-ethyl adjacent to an activating group) is 1. The lowest BCUT2D eigenvalue weighted by molar-refractivity contribution is 0.243. The van der Waals surface area contributed by atoms with Gasteiger partial charge in [0.15, 0.2) is 5.96 Å². The minimum absolute atomic E-state index is 0. The Morgan fingerprint density at radius 2 is 2.00 bits per heavy atom. The van der Waals surface area contributed by atoms with Gasteiger partial charge < -0.3 is 25.4 Å². The van der Waals surface area contributed by atoms with Gasteiger partial charge in [0.2, 0.25) is 0 Å². The van der Waals surface area contributed by atoms with Crippen molar-refractivity contribution in [2.45, 2.75) is 40.2 Å². The highest BCUT2D eigenvalue weighted by Gasteiger charge is 2.11. The first-order valence-corrected chi connectivity index (χ1v) is 10.4. The van der Waals surface area contributed by atoms with Crippen LogP contribution in [-0.4, -0.2) is 62.9 Å². The number of hydrogen-bond acceptors (Lipinski definition) is 4. The number of guanidine groups is 1. The van der Waals surface area contributed by atoms with Crippen molar-refractivity contribution >= 4 is 29.9 Å². The number of nitrogens with one attached hydrogen (secondary N) is 2. The minimum Gasteiger partial charge on any atom is -0.492 e. The number of aliphatic hydroxyl groups excluding tert-OH is 1. The van der Waals surface area contributed by atoms with Crippen LogP contribution in [0.15, 0.2) is 29.3 Å². The van der Waals surface area contributed by atoms with Gasteiger partial charge in [-0.05, 0) is 63.4 Å². The third-order valence-electron chi connectivity index (χ3n) is 4.37. The predicted octanol–water partition coefficient (Wildman–Crippen LogP) is 3.34. The predicted molar refractivity (Wildman–Crippen MR) is 133 cm³/mol. The fourth-order valence-electron chi connectivity index (χ4n) is 2.99. The Bertz CT molecular complexity index is 567. The van der Waals surface area contributed by atoms with E-state index in [1.807, 2.05) is 26.2 Å². The lowest BCUT2D eigenvalue weighted by Gasteiger charge is -2.20. The third kappa shape index (κ3) is 13.7. The van der Waals surface area contributed by atoms with Crippen LogP contribution in [-0.2, 0) is 6.54 Å². The lowest BCUT2D eigenvalue weighted by Crippen LogP contribution is -2.40. The molecule has 0 heterocycles. The molecule has 3 N–H and O–H groups in total. The molecule has 0 fully saturated rings. The Balaban J connectivity index is 0.00000784. The van der Waals surface area contributed by atoms with Crippen LogP contribution in [0.4, 0.5) is 0 Å². The number of benzene rings is 1. The van der Waals surface area contributed by atoms with Crippen LogP contribution in [0.3, 0.4) is 0 Å². The van der Waals surface area contributed by atoms with Crippen molar-refractivity contribution in [3.05, 3.63) is 29.8 Å². The summed E-state index contributed by atoms with van der Waals surface area (Å²) in [5, 5.41) is 16.0. The molecule has 7 heteroatoms. The first-order valence-electron chi connectivity index (χ1n) is 10.4. The number of halogens is 1. The van der Waals surface area contributed by atoms with Crippen LogP contribution < -0.4 is 15.4 Å². The van der Waals surface area contributed by atoms with Crippen molar-refractivity contribution in [3.63, 3.8) is 0 Å². The molecule has 1 aromatic carbocycles. The van der Waals surface area contributed by atoms with Crippen molar-refractivity contribution in [3.8, 4) is 5.75 Å². The molecule has 0 amide bonds. The summed E-state index contributed by atoms with van der Waals surface area (Å²) >= 11 is 0. The Labute approximate surface area is 194 Å². The molecule has 0 aliphatic carbocycles. The van der Waals surface area contributed by atoms with E-state index in [-0.39, 0.29) is 30.6 Å². The molecule has 0 aromatic heterocycles. The number of aliphatic imine (C=N–C) groups is 1. The maximum atomic E-state index is 9.30. The van der Waals surface area contributed by atoms with Gasteiger partial charge in [0, 0.05) is 26.2 Å². The zero-order valence-electron chi connectivity index (χ0n) is 18.8. The van der Waals surface area contributed by atoms with E-state index in [1.54, 1.807) is 0 Å². The van der Waals surface area contributed by atoms with E-state index in [0.717, 1.165) is 49.7 Å². The van der Waals surface area contributed by atoms with Crippen molar-refractivity contribution < 1.29 is 9.84 Å². The summed E-state index contributed by atoms with van der Waals surface area (Å²) < 4.78 is 5.81. The average Bonchev–Trinajstić information content (AvgIpc) is 2.63. The molecule has 168 valence electrons. The molecule has 6 nitrogen and oxygen atoms in total. The second-order valence-corrected chi connectivity index (χ2v) is 7.88. The topological polar surface area (TPSA) is 69.1 Å². The maximum absolute atomic E-state index is 9.30. The first-order chi connectivity index (χ1) is 13.4. The second kappa shape index (κ2) is 16.7. The highest BCUT2D eigenvalue weighted by molar-refractivity contribution is 14.0. The third-order valence-corrected chi connectivity index (χ3v) is 4.37. The Kier molecular flexibility index (Phi) is 16.1. The van der Waals surface area contributed by atoms with Gasteiger partial charge in [-0.1, -0.05) is 26.0 Å². The van der Waals surface area contributed by atoms with Gasteiger partial charge in [0.25, 0.3) is 0 Å². The van der Waals surface area contributed by atoms with Crippen LogP contribution in [0.25, 0.3) is 0 Å². The zero-order chi connectivity index (χ0) is 20.8. The van der Waals surface area contributed by atoms with Crippen LogP contribution in [0.2, 0.25) is 0 Å². The summed E-state index contributed by atoms with van der Waals surface area (Å²) in [7, 11) is 4.08. The number of ether oxygens (including phenoxy) is 1. The first kappa shape index (κ1) is 27.9. The molecule has 29 heavy (non-hydrogen) atoms. The van der Waals surface area contributed by atoms with Crippen molar-refractivity contribution in [1.29, 1.82) is 0 Å². The maximum Gasteiger partial charge on any atom is 0.191 e. The van der Waals surface area contributed by atoms with Crippen LogP contribution in [0.5, 0.6) is 5.75 Å². The summed E-state index contributed by atoms with van der Waals surface area (Å²) in [5.41, 5.74) is 1.12. The highest BCUT2D eigenvalue weighted by atomic mass is 127. The van der Waals surface area contributed by atoms with Gasteiger partial charge in [-0.2, -0.15) is 0 Å². The molecule has 1 unspecified atom stereocenters. The molecule has 1 atom stereocenters. The Morgan fingerprint density at radius 3 is 2.62 bits per heavy atom. The molecule has 0 saturated carbocycles. The largest absolute Gasteiger partial charge is 0.492 e. The van der Waals surface area contributed by atoms with Crippen LogP contribution >= 0.6 is 24.0 Å². The van der Waals surface area contributed by atoms with E-state index in [1.165, 1.54) is 0 Å². The van der Waals surface area contributed by atoms with E-state index >= 15 is 0 Å². The Morgan fingerprint density at radius 1 is 1.24 bits per heavy atom. The molecule has 0 saturated heterocycles. The molecule has 0 aliphatic rings. The molecule has 1 rings (SSSR count). The second-order valence-electron chi connectivity index (χ2n) is 7.88. The molecule has 1 aromatic rings. The molecule has 0 radical (unpaired) electrons. The lowest BCUT2D eigenvalue weighted by atomic mass is 9.94. The van der Waals surface area contributed by atoms with Gasteiger partial charge in [0.1, 0.15) is 12.4 Å². The Hall–Kier alpha value is -1.06. The van der Waals surface area contributed by atoms with E-state index in [2.05, 4.69) is 48.4 Å². The van der Waals surface area contributed by atoms with Crippen LogP contribution in [0.1, 0.15) is 39.2 Å². The number of rotatable bonds is 13. The normalized spacial score (nSPS) is 12.6. The van der Waals surface area contributed by atoms with Crippen LogP contribution in [0, 0.1) is 11.8 Å². The van der Waals surface area contributed by atoms with E-state index < -0.39 is 0 Å². The SMILES string of the molecule is CCNC(=NCc1cccc(OCCN(C)C)c1)NCC(CCO)CC(C)C.I. The highest BCUT2D eigenvalue weighted by Crippen LogP contribution is 2.15. The van der Waals surface area contributed by atoms with Crippen molar-refractivity contribution in [2.75, 3.05) is 46.9 Å². The number of nitrogens with zero attached hydrogens (tertiary/aromatic N) is 2. The number of aliphatic hydroxyl groups is 1. The van der Waals surface area contributed by atoms with E-state index in [4.69, 9.17) is 9.73 Å². The molecule has 0 spiro atoms. The van der Waals surface area contributed by atoms with Crippen molar-refractivity contribution in [1.82, 2.24) is 15.5 Å². The summed E-state index contributed by atoms with van der Waals surface area (Å²) in [6, 6.07) is 8.11. The van der Waals surface area contributed by atoms with Gasteiger partial charge in [-0.3, -0.25) is 0 Å². The van der Waals surface area contributed by atoms with E-state index in [0.29, 0.717) is 25.0 Å². The molecule has 0 aliphatic heterocycles. The zero-order valence-corrected chi connectivity index (χ0v) is 21.1.